The van der Waals surface area contributed by atoms with Crippen LogP contribution in [0.15, 0.2) is 28.9 Å². The van der Waals surface area contributed by atoms with E-state index < -0.39 is 0 Å². The van der Waals surface area contributed by atoms with Gasteiger partial charge in [0.2, 0.25) is 0 Å². The number of hydrogen-bond donors (Lipinski definition) is 1. The van der Waals surface area contributed by atoms with E-state index in [1.165, 1.54) is 0 Å². The van der Waals surface area contributed by atoms with Crippen molar-refractivity contribution in [2.24, 2.45) is 0 Å². The highest BCUT2D eigenvalue weighted by Gasteiger charge is 2.08. The fourth-order valence-corrected chi connectivity index (χ4v) is 2.33. The fourth-order valence-electron chi connectivity index (χ4n) is 1.16. The van der Waals surface area contributed by atoms with Crippen LogP contribution in [0.5, 0.6) is 0 Å². The van der Waals surface area contributed by atoms with Crippen LogP contribution in [-0.4, -0.2) is 9.97 Å². The Bertz CT molecular complexity index is 389. The van der Waals surface area contributed by atoms with Crippen molar-refractivity contribution in [1.82, 2.24) is 9.97 Å². The molecule has 0 amide bonds. The van der Waals surface area contributed by atoms with Gasteiger partial charge < -0.3 is 0 Å². The van der Waals surface area contributed by atoms with Gasteiger partial charge in [-0.15, -0.1) is 24.0 Å². The van der Waals surface area contributed by atoms with Gasteiger partial charge in [-0.3, -0.25) is 0 Å². The molecule has 0 bridgehead atoms. The number of aromatic nitrogens is 2. The van der Waals surface area contributed by atoms with Crippen LogP contribution in [0.25, 0.3) is 10.6 Å². The third-order valence-electron chi connectivity index (χ3n) is 1.79. The van der Waals surface area contributed by atoms with Gasteiger partial charge in [0.15, 0.2) is 0 Å². The molecule has 2 rings (SSSR count). The van der Waals surface area contributed by atoms with Gasteiger partial charge in [0.25, 0.3) is 0 Å². The molecule has 0 saturated carbocycles. The normalized spacial score (nSPS) is 10.3. The Hall–Kier alpha value is -0.870. The lowest BCUT2D eigenvalue weighted by Crippen LogP contribution is -1.87. The topological polar surface area (TPSA) is 25.8 Å². The Balaban J connectivity index is 2.64. The van der Waals surface area contributed by atoms with E-state index in [1.807, 2.05) is 18.4 Å². The van der Waals surface area contributed by atoms with Crippen molar-refractivity contribution in [1.29, 1.82) is 0 Å². The zero-order valence-electron chi connectivity index (χ0n) is 7.06. The summed E-state index contributed by atoms with van der Waals surface area (Å²) in [6, 6.07) is 1.97. The molecule has 0 unspecified atom stereocenters. The minimum Gasteiger partial charge on any atom is -0.249 e. The first-order valence-corrected chi connectivity index (χ1v) is 5.16. The summed E-state index contributed by atoms with van der Waals surface area (Å²) >= 11 is 5.91. The van der Waals surface area contributed by atoms with E-state index in [1.54, 1.807) is 23.7 Å². The van der Waals surface area contributed by atoms with Crippen LogP contribution in [0.1, 0.15) is 5.56 Å². The van der Waals surface area contributed by atoms with E-state index in [0.717, 1.165) is 21.2 Å². The molecule has 13 heavy (non-hydrogen) atoms. The highest BCUT2D eigenvalue weighted by Crippen LogP contribution is 2.29. The van der Waals surface area contributed by atoms with Crippen LogP contribution in [-0.2, 0) is 0 Å². The van der Waals surface area contributed by atoms with Crippen molar-refractivity contribution in [3.8, 4) is 10.6 Å². The summed E-state index contributed by atoms with van der Waals surface area (Å²) in [6.07, 6.45) is 3.55. The molecule has 0 fully saturated rings. The SMILES string of the molecule is Cc1ccnc(S)c1-c1nccs1. The molecular formula is C9H8N2S2. The van der Waals surface area contributed by atoms with Crippen molar-refractivity contribution in [2.45, 2.75) is 11.9 Å². The maximum Gasteiger partial charge on any atom is 0.126 e. The molecule has 0 aliphatic heterocycles. The molecular weight excluding hydrogens is 200 g/mol. The van der Waals surface area contributed by atoms with Gasteiger partial charge >= 0.3 is 0 Å². The van der Waals surface area contributed by atoms with Crippen LogP contribution in [0, 0.1) is 6.92 Å². The quantitative estimate of drug-likeness (QED) is 0.729. The lowest BCUT2D eigenvalue weighted by atomic mass is 10.2. The zero-order chi connectivity index (χ0) is 9.26. The third-order valence-corrected chi connectivity index (χ3v) is 2.92. The Morgan fingerprint density at radius 3 is 2.77 bits per heavy atom. The molecule has 0 aliphatic carbocycles. The van der Waals surface area contributed by atoms with Gasteiger partial charge in [-0.05, 0) is 18.6 Å². The number of nitrogens with zero attached hydrogens (tertiary/aromatic N) is 2. The number of thiol groups is 1. The number of rotatable bonds is 1. The Labute approximate surface area is 86.1 Å². The van der Waals surface area contributed by atoms with Crippen LogP contribution in [0.2, 0.25) is 0 Å². The van der Waals surface area contributed by atoms with Gasteiger partial charge in [0.1, 0.15) is 10.0 Å². The second-order valence-electron chi connectivity index (χ2n) is 2.66. The fraction of sp³-hybridized carbons (Fsp3) is 0.111. The molecule has 2 aromatic heterocycles. The Kier molecular flexibility index (Phi) is 2.33. The van der Waals surface area contributed by atoms with Gasteiger partial charge in [0, 0.05) is 23.3 Å². The molecule has 0 aliphatic rings. The van der Waals surface area contributed by atoms with E-state index >= 15 is 0 Å². The predicted octanol–water partition coefficient (Wildman–Crippen LogP) is 2.80. The largest absolute Gasteiger partial charge is 0.249 e. The summed E-state index contributed by atoms with van der Waals surface area (Å²) in [5.74, 6) is 0. The molecule has 0 saturated heterocycles. The minimum absolute atomic E-state index is 0.745. The van der Waals surface area contributed by atoms with Gasteiger partial charge in [-0.1, -0.05) is 0 Å². The van der Waals surface area contributed by atoms with Crippen LogP contribution < -0.4 is 0 Å². The average molecular weight is 208 g/mol. The van der Waals surface area contributed by atoms with Gasteiger partial charge in [-0.25, -0.2) is 9.97 Å². The van der Waals surface area contributed by atoms with Crippen molar-refractivity contribution >= 4 is 24.0 Å². The molecule has 0 atom stereocenters. The maximum absolute atomic E-state index is 4.31. The minimum atomic E-state index is 0.745. The maximum atomic E-state index is 4.31. The molecule has 0 spiro atoms. The number of pyridine rings is 1. The molecule has 4 heteroatoms. The molecule has 0 aromatic carbocycles. The molecule has 66 valence electrons. The summed E-state index contributed by atoms with van der Waals surface area (Å²) in [5, 5.41) is 3.68. The van der Waals surface area contributed by atoms with Crippen molar-refractivity contribution in [2.75, 3.05) is 0 Å². The van der Waals surface area contributed by atoms with E-state index in [4.69, 9.17) is 0 Å². The molecule has 2 nitrogen and oxygen atoms in total. The standard InChI is InChI=1S/C9H8N2S2/c1-6-2-3-10-8(12)7(6)9-11-4-5-13-9/h2-5H,1H3,(H,10,12). The number of thiazole rings is 1. The Morgan fingerprint density at radius 1 is 1.31 bits per heavy atom. The number of hydrogen-bond acceptors (Lipinski definition) is 4. The Morgan fingerprint density at radius 2 is 2.15 bits per heavy atom. The molecule has 0 radical (unpaired) electrons. The third kappa shape index (κ3) is 1.59. The molecule has 2 heterocycles. The lowest BCUT2D eigenvalue weighted by Gasteiger charge is -2.03. The van der Waals surface area contributed by atoms with E-state index in [-0.39, 0.29) is 0 Å². The number of aryl methyl sites for hydroxylation is 1. The monoisotopic (exact) mass is 208 g/mol. The van der Waals surface area contributed by atoms with Crippen LogP contribution >= 0.6 is 24.0 Å². The first kappa shape index (κ1) is 8.72. The molecule has 0 N–H and O–H groups in total. The molecule has 2 aromatic rings. The predicted molar refractivity (Wildman–Crippen MR) is 57.3 cm³/mol. The van der Waals surface area contributed by atoms with Crippen molar-refractivity contribution in [3.05, 3.63) is 29.4 Å². The highest BCUT2D eigenvalue weighted by molar-refractivity contribution is 7.80. The summed E-state index contributed by atoms with van der Waals surface area (Å²) in [7, 11) is 0. The first-order valence-electron chi connectivity index (χ1n) is 3.83. The van der Waals surface area contributed by atoms with Crippen LogP contribution in [0.3, 0.4) is 0 Å². The van der Waals surface area contributed by atoms with E-state index in [9.17, 15) is 0 Å². The van der Waals surface area contributed by atoms with Gasteiger partial charge in [0.05, 0.1) is 0 Å². The second kappa shape index (κ2) is 3.47. The van der Waals surface area contributed by atoms with Crippen LogP contribution in [0.4, 0.5) is 0 Å². The van der Waals surface area contributed by atoms with Crippen molar-refractivity contribution in [3.63, 3.8) is 0 Å². The summed E-state index contributed by atoms with van der Waals surface area (Å²) in [6.45, 7) is 2.04. The average Bonchev–Trinajstić information content (AvgIpc) is 2.57. The van der Waals surface area contributed by atoms with Gasteiger partial charge in [-0.2, -0.15) is 0 Å². The first-order chi connectivity index (χ1) is 6.29. The summed E-state index contributed by atoms with van der Waals surface area (Å²) in [4.78, 5) is 8.36. The van der Waals surface area contributed by atoms with E-state index in [0.29, 0.717) is 0 Å². The zero-order valence-corrected chi connectivity index (χ0v) is 8.77. The summed E-state index contributed by atoms with van der Waals surface area (Å²) in [5.41, 5.74) is 2.20. The highest BCUT2D eigenvalue weighted by atomic mass is 32.1. The smallest absolute Gasteiger partial charge is 0.126 e. The second-order valence-corrected chi connectivity index (χ2v) is 3.98. The van der Waals surface area contributed by atoms with Crippen molar-refractivity contribution < 1.29 is 0 Å². The lowest BCUT2D eigenvalue weighted by molar-refractivity contribution is 1.12. The van der Waals surface area contributed by atoms with E-state index in [2.05, 4.69) is 22.6 Å². The summed E-state index contributed by atoms with van der Waals surface area (Å²) < 4.78 is 0.